The van der Waals surface area contributed by atoms with Crippen molar-refractivity contribution in [2.75, 3.05) is 43.1 Å². The Bertz CT molecular complexity index is 742. The lowest BCUT2D eigenvalue weighted by Gasteiger charge is -2.33. The van der Waals surface area contributed by atoms with E-state index < -0.39 is 0 Å². The van der Waals surface area contributed by atoms with Gasteiger partial charge in [-0.05, 0) is 37.2 Å². The van der Waals surface area contributed by atoms with E-state index in [-0.39, 0.29) is 12.7 Å². The second-order valence-corrected chi connectivity index (χ2v) is 7.88. The van der Waals surface area contributed by atoms with E-state index >= 15 is 0 Å². The number of nitrogens with one attached hydrogen (secondary N) is 1. The molecule has 1 aromatic carbocycles. The Morgan fingerprint density at radius 3 is 2.89 bits per heavy atom. The van der Waals surface area contributed by atoms with Crippen LogP contribution in [0, 0.1) is 11.8 Å². The maximum absolute atomic E-state index is 9.47. The monoisotopic (exact) mass is 382 g/mol. The molecule has 2 aliphatic rings. The summed E-state index contributed by atoms with van der Waals surface area (Å²) in [5.41, 5.74) is 1.25. The van der Waals surface area contributed by atoms with Crippen molar-refractivity contribution in [3.63, 3.8) is 0 Å². The highest BCUT2D eigenvalue weighted by atomic mass is 16.5. The molecule has 3 unspecified atom stereocenters. The molecule has 0 saturated carbocycles. The number of aliphatic hydroxyl groups is 1. The molecule has 0 bridgehead atoms. The van der Waals surface area contributed by atoms with Gasteiger partial charge in [-0.15, -0.1) is 0 Å². The van der Waals surface area contributed by atoms with Crippen molar-refractivity contribution in [1.29, 1.82) is 0 Å². The molecule has 1 aromatic heterocycles. The highest BCUT2D eigenvalue weighted by Crippen LogP contribution is 2.33. The molecule has 2 N–H and O–H groups in total. The van der Waals surface area contributed by atoms with Gasteiger partial charge in [-0.3, -0.25) is 0 Å². The first-order valence-electron chi connectivity index (χ1n) is 10.4. The third kappa shape index (κ3) is 4.62. The zero-order chi connectivity index (χ0) is 19.2. The van der Waals surface area contributed by atoms with Gasteiger partial charge in [-0.25, -0.2) is 9.97 Å². The zero-order valence-corrected chi connectivity index (χ0v) is 16.3. The Morgan fingerprint density at radius 1 is 1.14 bits per heavy atom. The molecule has 0 amide bonds. The molecule has 6 heteroatoms. The van der Waals surface area contributed by atoms with E-state index in [2.05, 4.69) is 44.5 Å². The first-order valence-corrected chi connectivity index (χ1v) is 10.4. The molecule has 2 aliphatic heterocycles. The van der Waals surface area contributed by atoms with Crippen molar-refractivity contribution in [3.05, 3.63) is 48.3 Å². The summed E-state index contributed by atoms with van der Waals surface area (Å²) in [7, 11) is 0. The van der Waals surface area contributed by atoms with Crippen LogP contribution in [0.4, 0.5) is 11.6 Å². The van der Waals surface area contributed by atoms with Gasteiger partial charge in [0, 0.05) is 44.8 Å². The number of aliphatic hydroxyl groups excluding tert-OH is 1. The lowest BCUT2D eigenvalue weighted by atomic mass is 9.89. The van der Waals surface area contributed by atoms with Crippen LogP contribution < -0.4 is 10.2 Å². The van der Waals surface area contributed by atoms with Gasteiger partial charge in [0.15, 0.2) is 0 Å². The third-order valence-electron chi connectivity index (χ3n) is 5.87. The predicted octanol–water partition coefficient (Wildman–Crippen LogP) is 3.27. The zero-order valence-electron chi connectivity index (χ0n) is 16.3. The van der Waals surface area contributed by atoms with E-state index in [0.717, 1.165) is 63.6 Å². The number of aromatic nitrogens is 2. The average molecular weight is 383 g/mol. The minimum atomic E-state index is 0.135. The van der Waals surface area contributed by atoms with Gasteiger partial charge in [0.2, 0.25) is 0 Å². The molecule has 3 heterocycles. The van der Waals surface area contributed by atoms with Crippen LogP contribution in [0.2, 0.25) is 0 Å². The van der Waals surface area contributed by atoms with E-state index in [1.165, 1.54) is 5.56 Å². The summed E-state index contributed by atoms with van der Waals surface area (Å²) in [6.45, 7) is 3.75. The SMILES string of the molecule is OCC1CCCN(c2cc(NCC3CCCOC3c3ccccc3)ncn2)C1. The summed E-state index contributed by atoms with van der Waals surface area (Å²) in [6.07, 6.45) is 6.19. The Balaban J connectivity index is 1.40. The second-order valence-electron chi connectivity index (χ2n) is 7.88. The molecule has 3 atom stereocenters. The molecular formula is C22H30N4O2. The molecule has 0 spiro atoms. The summed E-state index contributed by atoms with van der Waals surface area (Å²) in [6, 6.07) is 12.5. The maximum atomic E-state index is 9.47. The van der Waals surface area contributed by atoms with Crippen LogP contribution in [-0.2, 0) is 4.74 Å². The van der Waals surface area contributed by atoms with E-state index in [9.17, 15) is 5.11 Å². The maximum Gasteiger partial charge on any atom is 0.134 e. The number of anilines is 2. The molecule has 4 rings (SSSR count). The Hall–Kier alpha value is -2.18. The number of ether oxygens (including phenoxy) is 1. The summed E-state index contributed by atoms with van der Waals surface area (Å²) in [4.78, 5) is 11.1. The van der Waals surface area contributed by atoms with Crippen molar-refractivity contribution >= 4 is 11.6 Å². The summed E-state index contributed by atoms with van der Waals surface area (Å²) < 4.78 is 6.10. The molecule has 28 heavy (non-hydrogen) atoms. The second kappa shape index (κ2) is 9.34. The van der Waals surface area contributed by atoms with Crippen LogP contribution in [0.5, 0.6) is 0 Å². The molecule has 2 saturated heterocycles. The summed E-state index contributed by atoms with van der Waals surface area (Å²) in [5, 5.41) is 13.0. The van der Waals surface area contributed by atoms with Crippen molar-refractivity contribution < 1.29 is 9.84 Å². The summed E-state index contributed by atoms with van der Waals surface area (Å²) >= 11 is 0. The fourth-order valence-corrected chi connectivity index (χ4v) is 4.34. The highest BCUT2D eigenvalue weighted by molar-refractivity contribution is 5.48. The van der Waals surface area contributed by atoms with E-state index in [4.69, 9.17) is 4.74 Å². The standard InChI is InChI=1S/C22H30N4O2/c27-15-17-6-4-10-26(14-17)21-12-20(24-16-25-21)23-13-19-9-5-11-28-22(19)18-7-2-1-3-8-18/h1-3,7-8,12,16-17,19,22,27H,4-6,9-11,13-15H2,(H,23,24,25). The van der Waals surface area contributed by atoms with Crippen LogP contribution in [0.25, 0.3) is 0 Å². The van der Waals surface area contributed by atoms with Gasteiger partial charge >= 0.3 is 0 Å². The normalized spacial score (nSPS) is 25.5. The third-order valence-corrected chi connectivity index (χ3v) is 5.87. The molecule has 150 valence electrons. The number of piperidine rings is 1. The van der Waals surface area contributed by atoms with Crippen molar-refractivity contribution in [2.45, 2.75) is 31.8 Å². The van der Waals surface area contributed by atoms with Crippen molar-refractivity contribution in [3.8, 4) is 0 Å². The van der Waals surface area contributed by atoms with Crippen LogP contribution in [-0.4, -0.2) is 47.9 Å². The van der Waals surface area contributed by atoms with Gasteiger partial charge in [-0.1, -0.05) is 30.3 Å². The van der Waals surface area contributed by atoms with Gasteiger partial charge < -0.3 is 20.1 Å². The molecule has 6 nitrogen and oxygen atoms in total. The lowest BCUT2D eigenvalue weighted by molar-refractivity contribution is -0.0238. The van der Waals surface area contributed by atoms with Gasteiger partial charge in [0.25, 0.3) is 0 Å². The largest absolute Gasteiger partial charge is 0.396 e. The van der Waals surface area contributed by atoms with Gasteiger partial charge in [0.1, 0.15) is 18.0 Å². The highest BCUT2D eigenvalue weighted by Gasteiger charge is 2.27. The van der Waals surface area contributed by atoms with Crippen LogP contribution in [0.1, 0.15) is 37.4 Å². The quantitative estimate of drug-likeness (QED) is 0.799. The Morgan fingerprint density at radius 2 is 2.04 bits per heavy atom. The number of nitrogens with zero attached hydrogens (tertiary/aromatic N) is 3. The van der Waals surface area contributed by atoms with E-state index in [1.807, 2.05) is 12.1 Å². The fraction of sp³-hybridized carbons (Fsp3) is 0.545. The number of hydrogen-bond acceptors (Lipinski definition) is 6. The molecular weight excluding hydrogens is 352 g/mol. The number of hydrogen-bond donors (Lipinski definition) is 2. The first-order chi connectivity index (χ1) is 13.8. The Kier molecular flexibility index (Phi) is 6.39. The van der Waals surface area contributed by atoms with E-state index in [0.29, 0.717) is 11.8 Å². The fourth-order valence-electron chi connectivity index (χ4n) is 4.34. The van der Waals surface area contributed by atoms with Crippen LogP contribution in [0.15, 0.2) is 42.7 Å². The van der Waals surface area contributed by atoms with Crippen LogP contribution >= 0.6 is 0 Å². The number of benzene rings is 1. The van der Waals surface area contributed by atoms with Gasteiger partial charge in [0.05, 0.1) is 6.10 Å². The topological polar surface area (TPSA) is 70.5 Å². The number of rotatable bonds is 6. The molecule has 0 aliphatic carbocycles. The van der Waals surface area contributed by atoms with Gasteiger partial charge in [-0.2, -0.15) is 0 Å². The smallest absolute Gasteiger partial charge is 0.134 e. The lowest BCUT2D eigenvalue weighted by Crippen LogP contribution is -2.37. The average Bonchev–Trinajstić information content (AvgIpc) is 2.79. The van der Waals surface area contributed by atoms with E-state index in [1.54, 1.807) is 6.33 Å². The predicted molar refractivity (Wildman–Crippen MR) is 110 cm³/mol. The molecule has 0 radical (unpaired) electrons. The molecule has 2 fully saturated rings. The van der Waals surface area contributed by atoms with Crippen molar-refractivity contribution in [1.82, 2.24) is 9.97 Å². The summed E-state index contributed by atoms with van der Waals surface area (Å²) in [5.74, 6) is 2.55. The minimum absolute atomic E-state index is 0.135. The van der Waals surface area contributed by atoms with Crippen LogP contribution in [0.3, 0.4) is 0 Å². The molecule has 2 aromatic rings. The first kappa shape index (κ1) is 19.2. The minimum Gasteiger partial charge on any atom is -0.396 e. The Labute approximate surface area is 167 Å². The van der Waals surface area contributed by atoms with Crippen molar-refractivity contribution in [2.24, 2.45) is 11.8 Å².